The van der Waals surface area contributed by atoms with Crippen LogP contribution in [0.3, 0.4) is 0 Å². The van der Waals surface area contributed by atoms with E-state index < -0.39 is 18.4 Å². The normalized spacial score (nSPS) is 12.0. The molecule has 0 N–H and O–H groups in total. The van der Waals surface area contributed by atoms with E-state index in [9.17, 15) is 0 Å². The van der Waals surface area contributed by atoms with E-state index >= 15 is 0 Å². The molecule has 4 rings (SSSR count). The van der Waals surface area contributed by atoms with Gasteiger partial charge in [0.25, 0.3) is 0 Å². The first-order chi connectivity index (χ1) is 11.9. The molecular weight excluding hydrogens is 487 g/mol. The van der Waals surface area contributed by atoms with Crippen LogP contribution < -0.4 is 2.89 Å². The van der Waals surface area contributed by atoms with Gasteiger partial charge in [0.15, 0.2) is 0 Å². The van der Waals surface area contributed by atoms with Gasteiger partial charge in [-0.1, -0.05) is 0 Å². The Bertz CT molecular complexity index is 1010. The molecule has 0 aliphatic carbocycles. The van der Waals surface area contributed by atoms with Crippen molar-refractivity contribution in [3.8, 4) is 29.3 Å². The van der Waals surface area contributed by atoms with Gasteiger partial charge in [0.05, 0.1) is 0 Å². The Morgan fingerprint density at radius 1 is 0.520 bits per heavy atom. The van der Waals surface area contributed by atoms with Crippen molar-refractivity contribution in [2.24, 2.45) is 0 Å². The standard InChI is InChI=1S/C17H11S4.3CH3.Sn/c1-11-4-5-14(19-11)15-8-9-17(21-15)16-7-6-13(20-16)12-3-2-10-18-12;;;;/h2-9H,1H3;3*1H3;. The Hall–Kier alpha value is -0.401. The summed E-state index contributed by atoms with van der Waals surface area (Å²) in [6, 6.07) is 18.3. The minimum absolute atomic E-state index is 1.38. The predicted molar refractivity (Wildman–Crippen MR) is 122 cm³/mol. The first kappa shape index (κ1) is 18.0. The number of thiophene rings is 4. The summed E-state index contributed by atoms with van der Waals surface area (Å²) in [5.41, 5.74) is 0. The third-order valence-corrected chi connectivity index (χ3v) is 18.4. The summed E-state index contributed by atoms with van der Waals surface area (Å²) >= 11 is 5.78. The van der Waals surface area contributed by atoms with Crippen LogP contribution in [0.5, 0.6) is 0 Å². The molecule has 0 atom stereocenters. The van der Waals surface area contributed by atoms with Crippen LogP contribution in [0.1, 0.15) is 4.88 Å². The van der Waals surface area contributed by atoms with Crippen molar-refractivity contribution in [3.63, 3.8) is 0 Å². The molecule has 5 heteroatoms. The molecule has 0 unspecified atom stereocenters. The Balaban J connectivity index is 1.61. The van der Waals surface area contributed by atoms with Crippen molar-refractivity contribution >= 4 is 66.6 Å². The second-order valence-electron chi connectivity index (χ2n) is 7.15. The third kappa shape index (κ3) is 3.83. The van der Waals surface area contributed by atoms with Crippen molar-refractivity contribution in [1.82, 2.24) is 0 Å². The molecule has 4 aromatic heterocycles. The zero-order chi connectivity index (χ0) is 17.6. The Kier molecular flexibility index (Phi) is 5.01. The summed E-state index contributed by atoms with van der Waals surface area (Å²) < 4.78 is 1.66. The van der Waals surface area contributed by atoms with Crippen molar-refractivity contribution < 1.29 is 0 Å². The average molecular weight is 507 g/mol. The summed E-state index contributed by atoms with van der Waals surface area (Å²) in [6.07, 6.45) is 0. The second-order valence-corrected chi connectivity index (χ2v) is 27.1. The van der Waals surface area contributed by atoms with Crippen LogP contribution in [0.4, 0.5) is 0 Å². The fraction of sp³-hybridized carbons (Fsp3) is 0.200. The van der Waals surface area contributed by atoms with E-state index in [0.717, 1.165) is 0 Å². The topological polar surface area (TPSA) is 0 Å². The average Bonchev–Trinajstić information content (AvgIpc) is 3.31. The van der Waals surface area contributed by atoms with Gasteiger partial charge in [0, 0.05) is 0 Å². The third-order valence-electron chi connectivity index (χ3n) is 4.03. The molecule has 0 saturated carbocycles. The van der Waals surface area contributed by atoms with Crippen molar-refractivity contribution in [3.05, 3.63) is 53.4 Å². The van der Waals surface area contributed by atoms with Crippen LogP contribution in [0.25, 0.3) is 29.3 Å². The van der Waals surface area contributed by atoms with E-state index in [2.05, 4.69) is 70.3 Å². The Labute approximate surface area is 169 Å². The summed E-state index contributed by atoms with van der Waals surface area (Å²) in [5.74, 6) is 0. The van der Waals surface area contributed by atoms with E-state index in [4.69, 9.17) is 0 Å². The van der Waals surface area contributed by atoms with Crippen molar-refractivity contribution in [1.29, 1.82) is 0 Å². The molecule has 4 heterocycles. The molecule has 0 aliphatic rings. The number of hydrogen-bond donors (Lipinski definition) is 0. The van der Waals surface area contributed by atoms with Crippen LogP contribution in [-0.2, 0) is 0 Å². The van der Waals surface area contributed by atoms with Gasteiger partial charge in [0.1, 0.15) is 0 Å². The summed E-state index contributed by atoms with van der Waals surface area (Å²) in [7, 11) is 0. The van der Waals surface area contributed by atoms with Gasteiger partial charge in [-0.3, -0.25) is 0 Å². The Morgan fingerprint density at radius 2 is 0.920 bits per heavy atom. The van der Waals surface area contributed by atoms with Crippen LogP contribution in [-0.4, -0.2) is 18.4 Å². The molecule has 0 saturated heterocycles. The van der Waals surface area contributed by atoms with Gasteiger partial charge in [-0.2, -0.15) is 0 Å². The number of hydrogen-bond acceptors (Lipinski definition) is 4. The first-order valence-corrected chi connectivity index (χ1v) is 21.5. The molecule has 4 aromatic rings. The van der Waals surface area contributed by atoms with Crippen molar-refractivity contribution in [2.75, 3.05) is 0 Å². The van der Waals surface area contributed by atoms with E-state index in [1.54, 1.807) is 2.89 Å². The van der Waals surface area contributed by atoms with E-state index in [-0.39, 0.29) is 0 Å². The van der Waals surface area contributed by atoms with Gasteiger partial charge in [-0.05, 0) is 6.92 Å². The number of rotatable bonds is 4. The fourth-order valence-corrected chi connectivity index (χ4v) is 12.1. The first-order valence-electron chi connectivity index (χ1n) is 8.28. The van der Waals surface area contributed by atoms with Crippen LogP contribution in [0.2, 0.25) is 14.8 Å². The monoisotopic (exact) mass is 508 g/mol. The molecule has 0 aliphatic heterocycles. The van der Waals surface area contributed by atoms with Gasteiger partial charge < -0.3 is 0 Å². The molecule has 0 amide bonds. The van der Waals surface area contributed by atoms with Crippen LogP contribution in [0.15, 0.2) is 48.5 Å². The van der Waals surface area contributed by atoms with E-state index in [1.165, 1.54) is 34.1 Å². The zero-order valence-corrected chi connectivity index (χ0v) is 20.9. The predicted octanol–water partition coefficient (Wildman–Crippen LogP) is 7.79. The molecule has 0 spiro atoms. The SMILES string of the molecule is Cc1ccc(-c2ccc(-c3ccc(-c4cc[c]([Sn]([CH3])([CH3])[CH3])s4)s3)s2)s1. The quantitative estimate of drug-likeness (QED) is 0.248. The molecule has 0 bridgehead atoms. The molecule has 0 radical (unpaired) electrons. The van der Waals surface area contributed by atoms with Crippen LogP contribution in [0, 0.1) is 6.92 Å². The number of aryl methyl sites for hydroxylation is 1. The second kappa shape index (κ2) is 6.96. The van der Waals surface area contributed by atoms with Gasteiger partial charge in [0.2, 0.25) is 0 Å². The molecule has 0 fully saturated rings. The van der Waals surface area contributed by atoms with Gasteiger partial charge in [-0.25, -0.2) is 0 Å². The maximum absolute atomic E-state index is 2.49. The van der Waals surface area contributed by atoms with Gasteiger partial charge in [-0.15, -0.1) is 0 Å². The fourth-order valence-electron chi connectivity index (χ4n) is 2.65. The molecule has 25 heavy (non-hydrogen) atoms. The summed E-state index contributed by atoms with van der Waals surface area (Å²) in [4.78, 5) is 17.2. The minimum atomic E-state index is -1.94. The van der Waals surface area contributed by atoms with E-state index in [1.807, 2.05) is 45.3 Å². The Morgan fingerprint density at radius 3 is 1.32 bits per heavy atom. The van der Waals surface area contributed by atoms with Gasteiger partial charge >= 0.3 is 164 Å². The van der Waals surface area contributed by atoms with Crippen LogP contribution >= 0.6 is 45.3 Å². The molecule has 0 aromatic carbocycles. The summed E-state index contributed by atoms with van der Waals surface area (Å²) in [6.45, 7) is 2.17. The molecule has 128 valence electrons. The summed E-state index contributed by atoms with van der Waals surface area (Å²) in [5, 5.41) is 0. The molecule has 0 nitrogen and oxygen atoms in total. The zero-order valence-electron chi connectivity index (χ0n) is 14.8. The van der Waals surface area contributed by atoms with E-state index in [0.29, 0.717) is 0 Å². The van der Waals surface area contributed by atoms with Crippen molar-refractivity contribution in [2.45, 2.75) is 21.7 Å². The molecular formula is C20H20S4Sn. The maximum atomic E-state index is 2.49.